The minimum atomic E-state index is -3.27. The summed E-state index contributed by atoms with van der Waals surface area (Å²) in [5.74, 6) is 0.895. The topological polar surface area (TPSA) is 76.2 Å². The van der Waals surface area contributed by atoms with E-state index in [2.05, 4.69) is 0 Å². The summed E-state index contributed by atoms with van der Waals surface area (Å²) in [5, 5.41) is 0. The van der Waals surface area contributed by atoms with Crippen LogP contribution in [0.3, 0.4) is 0 Å². The monoisotopic (exact) mass is 388 g/mol. The third kappa shape index (κ3) is 2.80. The molecule has 0 aromatic heterocycles. The van der Waals surface area contributed by atoms with Gasteiger partial charge in [0.2, 0.25) is 0 Å². The minimum Gasteiger partial charge on any atom is -0.495 e. The number of fused-ring (bicyclic) bond motifs is 1. The van der Waals surface area contributed by atoms with E-state index in [4.69, 9.17) is 9.47 Å². The molecule has 0 spiro atoms. The van der Waals surface area contributed by atoms with Crippen LogP contribution in [0.15, 0.2) is 48.5 Å². The van der Waals surface area contributed by atoms with Gasteiger partial charge in [-0.15, -0.1) is 0 Å². The van der Waals surface area contributed by atoms with E-state index < -0.39 is 21.9 Å². The summed E-state index contributed by atoms with van der Waals surface area (Å²) in [6, 6.07) is 13.0. The van der Waals surface area contributed by atoms with Crippen LogP contribution in [0.4, 0.5) is 16.2 Å². The van der Waals surface area contributed by atoms with Gasteiger partial charge in [0.1, 0.15) is 11.5 Å². The molecule has 2 heterocycles. The molecule has 7 nitrogen and oxygen atoms in total. The maximum Gasteiger partial charge on any atom is 0.329 e. The normalized spacial score (nSPS) is 23.4. The van der Waals surface area contributed by atoms with Crippen molar-refractivity contribution < 1.29 is 22.7 Å². The molecule has 2 aromatic carbocycles. The van der Waals surface area contributed by atoms with Crippen molar-refractivity contribution >= 4 is 27.2 Å². The lowest BCUT2D eigenvalue weighted by molar-refractivity contribution is 0.254. The molecule has 0 unspecified atom stereocenters. The van der Waals surface area contributed by atoms with Crippen LogP contribution < -0.4 is 19.3 Å². The van der Waals surface area contributed by atoms with Crippen molar-refractivity contribution in [2.45, 2.75) is 12.1 Å². The lowest BCUT2D eigenvalue weighted by atomic mass is 10.1. The Kier molecular flexibility index (Phi) is 4.22. The molecule has 0 N–H and O–H groups in total. The average molecular weight is 388 g/mol. The van der Waals surface area contributed by atoms with Crippen LogP contribution in [0, 0.1) is 0 Å². The molecule has 8 heteroatoms. The maximum atomic E-state index is 13.4. The molecule has 2 fully saturated rings. The van der Waals surface area contributed by atoms with Crippen molar-refractivity contribution in [2.24, 2.45) is 0 Å². The summed E-state index contributed by atoms with van der Waals surface area (Å²) < 4.78 is 35.6. The van der Waals surface area contributed by atoms with Crippen LogP contribution in [-0.4, -0.2) is 52.3 Å². The second-order valence-electron chi connectivity index (χ2n) is 6.58. The number of rotatable bonds is 4. The predicted octanol–water partition coefficient (Wildman–Crippen LogP) is 2.32. The molecule has 2 aliphatic heterocycles. The Morgan fingerprint density at radius 3 is 1.63 bits per heavy atom. The number of amides is 2. The second-order valence-corrected chi connectivity index (χ2v) is 8.73. The zero-order chi connectivity index (χ0) is 19.2. The molecule has 0 radical (unpaired) electrons. The molecule has 2 saturated heterocycles. The lowest BCUT2D eigenvalue weighted by Crippen LogP contribution is -2.38. The Balaban J connectivity index is 1.86. The highest BCUT2D eigenvalue weighted by atomic mass is 32.2. The van der Waals surface area contributed by atoms with E-state index in [9.17, 15) is 13.2 Å². The maximum absolute atomic E-state index is 13.4. The molecule has 0 bridgehead atoms. The van der Waals surface area contributed by atoms with Gasteiger partial charge in [-0.1, -0.05) is 24.3 Å². The first-order valence-corrected chi connectivity index (χ1v) is 10.4. The molecular formula is C19H20N2O5S. The van der Waals surface area contributed by atoms with Crippen LogP contribution in [0.2, 0.25) is 0 Å². The van der Waals surface area contributed by atoms with E-state index in [-0.39, 0.29) is 17.5 Å². The summed E-state index contributed by atoms with van der Waals surface area (Å²) in [6.45, 7) is 0. The number of hydrogen-bond acceptors (Lipinski definition) is 5. The van der Waals surface area contributed by atoms with E-state index in [0.29, 0.717) is 22.9 Å². The van der Waals surface area contributed by atoms with Gasteiger partial charge in [-0.05, 0) is 24.3 Å². The van der Waals surface area contributed by atoms with Gasteiger partial charge >= 0.3 is 6.03 Å². The van der Waals surface area contributed by atoms with Gasteiger partial charge in [0, 0.05) is 0 Å². The van der Waals surface area contributed by atoms with Crippen molar-refractivity contribution in [3.05, 3.63) is 48.5 Å². The van der Waals surface area contributed by atoms with E-state index in [1.165, 1.54) is 14.2 Å². The van der Waals surface area contributed by atoms with Gasteiger partial charge < -0.3 is 9.47 Å². The third-order valence-corrected chi connectivity index (χ3v) is 6.76. The van der Waals surface area contributed by atoms with Crippen LogP contribution in [0.5, 0.6) is 11.5 Å². The molecule has 4 rings (SSSR count). The number of hydrogen-bond donors (Lipinski definition) is 0. The summed E-state index contributed by atoms with van der Waals surface area (Å²) in [4.78, 5) is 16.5. The SMILES string of the molecule is COc1ccccc1N1C(=O)N(c2ccccc2OC)[C@@H]2CS(=O)(=O)C[C@H]21. The van der Waals surface area contributed by atoms with Crippen molar-refractivity contribution in [3.63, 3.8) is 0 Å². The first-order valence-electron chi connectivity index (χ1n) is 8.55. The molecule has 2 aliphatic rings. The number of para-hydroxylation sites is 4. The van der Waals surface area contributed by atoms with Crippen LogP contribution in [-0.2, 0) is 9.84 Å². The number of nitrogens with zero attached hydrogens (tertiary/aromatic N) is 2. The fourth-order valence-corrected chi connectivity index (χ4v) is 5.84. The van der Waals surface area contributed by atoms with E-state index in [0.717, 1.165) is 0 Å². The highest BCUT2D eigenvalue weighted by Crippen LogP contribution is 2.43. The second kappa shape index (κ2) is 6.45. The summed E-state index contributed by atoms with van der Waals surface area (Å²) >= 11 is 0. The fraction of sp³-hybridized carbons (Fsp3) is 0.316. The molecule has 27 heavy (non-hydrogen) atoms. The Morgan fingerprint density at radius 2 is 1.22 bits per heavy atom. The fourth-order valence-electron chi connectivity index (χ4n) is 3.92. The number of carbonyl (C=O) groups excluding carboxylic acids is 1. The number of ether oxygens (including phenoxy) is 2. The van der Waals surface area contributed by atoms with Crippen LogP contribution in [0.25, 0.3) is 0 Å². The average Bonchev–Trinajstić information content (AvgIpc) is 3.10. The molecule has 0 aliphatic carbocycles. The van der Waals surface area contributed by atoms with Gasteiger partial charge in [0.05, 0.1) is 49.2 Å². The Bertz CT molecular complexity index is 920. The van der Waals surface area contributed by atoms with Gasteiger partial charge in [-0.25, -0.2) is 13.2 Å². The summed E-state index contributed by atoms with van der Waals surface area (Å²) in [6.07, 6.45) is 0. The zero-order valence-corrected chi connectivity index (χ0v) is 15.8. The van der Waals surface area contributed by atoms with Crippen LogP contribution >= 0.6 is 0 Å². The van der Waals surface area contributed by atoms with Gasteiger partial charge in [-0.3, -0.25) is 9.80 Å². The Hall–Kier alpha value is -2.74. The van der Waals surface area contributed by atoms with E-state index in [1.807, 2.05) is 12.1 Å². The minimum absolute atomic E-state index is 0.0763. The quantitative estimate of drug-likeness (QED) is 0.752. The molecule has 2 amide bonds. The van der Waals surface area contributed by atoms with Crippen molar-refractivity contribution in [1.82, 2.24) is 0 Å². The first kappa shape index (κ1) is 17.7. The van der Waals surface area contributed by atoms with Gasteiger partial charge in [-0.2, -0.15) is 0 Å². The molecular weight excluding hydrogens is 368 g/mol. The molecule has 2 atom stereocenters. The van der Waals surface area contributed by atoms with Crippen LogP contribution in [0.1, 0.15) is 0 Å². The highest BCUT2D eigenvalue weighted by Gasteiger charge is 2.55. The van der Waals surface area contributed by atoms with E-state index in [1.54, 1.807) is 46.2 Å². The summed E-state index contributed by atoms with van der Waals surface area (Å²) in [5.41, 5.74) is 1.13. The zero-order valence-electron chi connectivity index (χ0n) is 15.0. The molecule has 2 aromatic rings. The van der Waals surface area contributed by atoms with Gasteiger partial charge in [0.25, 0.3) is 0 Å². The summed E-state index contributed by atoms with van der Waals surface area (Å²) in [7, 11) is -0.211. The van der Waals surface area contributed by atoms with Crippen molar-refractivity contribution in [1.29, 1.82) is 0 Å². The lowest BCUT2D eigenvalue weighted by Gasteiger charge is -2.24. The number of sulfone groups is 1. The number of methoxy groups -OCH3 is 2. The third-order valence-electron chi connectivity index (χ3n) is 5.06. The highest BCUT2D eigenvalue weighted by molar-refractivity contribution is 7.91. The number of carbonyl (C=O) groups is 1. The van der Waals surface area contributed by atoms with Crippen molar-refractivity contribution in [3.8, 4) is 11.5 Å². The number of benzene rings is 2. The smallest absolute Gasteiger partial charge is 0.329 e. The Morgan fingerprint density at radius 1 is 0.815 bits per heavy atom. The predicted molar refractivity (Wildman–Crippen MR) is 103 cm³/mol. The molecule has 142 valence electrons. The van der Waals surface area contributed by atoms with Gasteiger partial charge in [0.15, 0.2) is 9.84 Å². The standard InChI is InChI=1S/C19H20N2O5S/c1-25-17-9-5-3-7-13(17)20-15-11-27(23,24)12-16(15)21(19(20)22)14-8-4-6-10-18(14)26-2/h3-10,15-16H,11-12H2,1-2H3/t15-,16-/m1/s1. The Labute approximate surface area is 158 Å². The van der Waals surface area contributed by atoms with Crippen molar-refractivity contribution in [2.75, 3.05) is 35.5 Å². The number of anilines is 2. The largest absolute Gasteiger partial charge is 0.495 e. The first-order chi connectivity index (χ1) is 13.0. The number of urea groups is 1. The van der Waals surface area contributed by atoms with E-state index >= 15 is 0 Å². The molecule has 0 saturated carbocycles.